The minimum atomic E-state index is -0.831. The third-order valence-corrected chi connectivity index (χ3v) is 4.91. The molecule has 104 valence electrons. The number of halogens is 1. The van der Waals surface area contributed by atoms with Gasteiger partial charge in [-0.25, -0.2) is 0 Å². The van der Waals surface area contributed by atoms with Crippen molar-refractivity contribution >= 4 is 39.1 Å². The first-order valence-electron chi connectivity index (χ1n) is 5.88. The second-order valence-corrected chi connectivity index (χ2v) is 6.75. The van der Waals surface area contributed by atoms with Gasteiger partial charge >= 0.3 is 5.97 Å². The molecule has 0 aromatic carbocycles. The van der Waals surface area contributed by atoms with Crippen LogP contribution >= 0.6 is 27.3 Å². The minimum absolute atomic E-state index is 0.125. The molecule has 1 N–H and O–H groups in total. The van der Waals surface area contributed by atoms with E-state index in [0.717, 1.165) is 10.2 Å². The molecule has 1 atom stereocenters. The standard InChI is InChI=1S/C12H14BrNO4S/c1-18-8-5-9(19-10(8)13)11(15)14-4-2-3-7(6-14)12(16)17/h5,7H,2-4,6H2,1H3,(H,16,17). The summed E-state index contributed by atoms with van der Waals surface area (Å²) in [6.45, 7) is 0.895. The molecular formula is C12H14BrNO4S. The molecule has 5 nitrogen and oxygen atoms in total. The fourth-order valence-corrected chi connectivity index (χ4v) is 3.73. The Kier molecular flexibility index (Phi) is 4.46. The van der Waals surface area contributed by atoms with Gasteiger partial charge in [-0.1, -0.05) is 0 Å². The van der Waals surface area contributed by atoms with E-state index in [0.29, 0.717) is 23.6 Å². The molecule has 0 spiro atoms. The molecule has 1 fully saturated rings. The Balaban J connectivity index is 2.12. The molecule has 1 aromatic rings. The molecule has 1 aliphatic heterocycles. The second kappa shape index (κ2) is 5.92. The van der Waals surface area contributed by atoms with Crippen LogP contribution < -0.4 is 4.74 Å². The first-order valence-corrected chi connectivity index (χ1v) is 7.49. The highest BCUT2D eigenvalue weighted by Crippen LogP contribution is 2.35. The van der Waals surface area contributed by atoms with E-state index in [9.17, 15) is 9.59 Å². The summed E-state index contributed by atoms with van der Waals surface area (Å²) in [5.74, 6) is -0.787. The maximum Gasteiger partial charge on any atom is 0.308 e. The largest absolute Gasteiger partial charge is 0.495 e. The second-order valence-electron chi connectivity index (χ2n) is 4.38. The Morgan fingerprint density at radius 1 is 1.58 bits per heavy atom. The van der Waals surface area contributed by atoms with Crippen molar-refractivity contribution in [1.82, 2.24) is 4.90 Å². The summed E-state index contributed by atoms with van der Waals surface area (Å²) in [6.07, 6.45) is 1.36. The summed E-state index contributed by atoms with van der Waals surface area (Å²) in [7, 11) is 1.54. The van der Waals surface area contributed by atoms with Crippen LogP contribution in [-0.4, -0.2) is 42.1 Å². The molecule has 1 aromatic heterocycles. The molecule has 0 radical (unpaired) electrons. The molecule has 0 aliphatic carbocycles. The number of carboxylic acid groups (broad SMARTS) is 1. The number of hydrogen-bond acceptors (Lipinski definition) is 4. The highest BCUT2D eigenvalue weighted by Gasteiger charge is 2.29. The molecular weight excluding hydrogens is 334 g/mol. The SMILES string of the molecule is COc1cc(C(=O)N2CCCC(C(=O)O)C2)sc1Br. The highest BCUT2D eigenvalue weighted by atomic mass is 79.9. The number of aliphatic carboxylic acids is 1. The lowest BCUT2D eigenvalue weighted by Gasteiger charge is -2.30. The number of methoxy groups -OCH3 is 1. The number of ether oxygens (including phenoxy) is 1. The normalized spacial score (nSPS) is 19.3. The fourth-order valence-electron chi connectivity index (χ4n) is 2.12. The summed E-state index contributed by atoms with van der Waals surface area (Å²) in [5.41, 5.74) is 0. The summed E-state index contributed by atoms with van der Waals surface area (Å²) in [5, 5.41) is 9.03. The molecule has 2 heterocycles. The van der Waals surface area contributed by atoms with Crippen molar-refractivity contribution in [1.29, 1.82) is 0 Å². The van der Waals surface area contributed by atoms with Gasteiger partial charge in [0, 0.05) is 19.2 Å². The number of nitrogens with zero attached hydrogens (tertiary/aromatic N) is 1. The lowest BCUT2D eigenvalue weighted by atomic mass is 9.98. The monoisotopic (exact) mass is 347 g/mol. The van der Waals surface area contributed by atoms with E-state index in [2.05, 4.69) is 15.9 Å². The molecule has 1 amide bonds. The predicted molar refractivity (Wildman–Crippen MR) is 74.8 cm³/mol. The van der Waals surface area contributed by atoms with E-state index >= 15 is 0 Å². The lowest BCUT2D eigenvalue weighted by Crippen LogP contribution is -2.42. The van der Waals surface area contributed by atoms with Crippen molar-refractivity contribution in [2.24, 2.45) is 5.92 Å². The zero-order valence-electron chi connectivity index (χ0n) is 10.4. The Labute approximate surface area is 123 Å². The molecule has 19 heavy (non-hydrogen) atoms. The zero-order chi connectivity index (χ0) is 14.0. The number of thiophene rings is 1. The maximum atomic E-state index is 12.3. The number of piperidine rings is 1. The van der Waals surface area contributed by atoms with Crippen molar-refractivity contribution in [2.75, 3.05) is 20.2 Å². The summed E-state index contributed by atoms with van der Waals surface area (Å²) >= 11 is 4.64. The Morgan fingerprint density at radius 3 is 2.89 bits per heavy atom. The summed E-state index contributed by atoms with van der Waals surface area (Å²) in [4.78, 5) is 25.5. The third-order valence-electron chi connectivity index (χ3n) is 3.14. The van der Waals surface area contributed by atoms with Crippen LogP contribution in [0.15, 0.2) is 9.85 Å². The topological polar surface area (TPSA) is 66.8 Å². The third kappa shape index (κ3) is 3.09. The van der Waals surface area contributed by atoms with Gasteiger partial charge in [0.15, 0.2) is 0 Å². The van der Waals surface area contributed by atoms with Crippen LogP contribution in [0, 0.1) is 5.92 Å². The molecule has 1 saturated heterocycles. The average Bonchev–Trinajstić information content (AvgIpc) is 2.79. The van der Waals surface area contributed by atoms with E-state index in [4.69, 9.17) is 9.84 Å². The van der Waals surface area contributed by atoms with Crippen LogP contribution in [0.4, 0.5) is 0 Å². The number of hydrogen-bond donors (Lipinski definition) is 1. The van der Waals surface area contributed by atoms with Crippen LogP contribution in [0.1, 0.15) is 22.5 Å². The highest BCUT2D eigenvalue weighted by molar-refractivity contribution is 9.11. The lowest BCUT2D eigenvalue weighted by molar-refractivity contribution is -0.143. The van der Waals surface area contributed by atoms with Crippen LogP contribution in [0.2, 0.25) is 0 Å². The van der Waals surface area contributed by atoms with Gasteiger partial charge in [0.25, 0.3) is 5.91 Å². The number of amides is 1. The number of likely N-dealkylation sites (tertiary alicyclic amines) is 1. The average molecular weight is 348 g/mol. The number of carboxylic acids is 1. The minimum Gasteiger partial charge on any atom is -0.495 e. The molecule has 0 bridgehead atoms. The first-order chi connectivity index (χ1) is 9.02. The maximum absolute atomic E-state index is 12.3. The van der Waals surface area contributed by atoms with Crippen LogP contribution in [0.5, 0.6) is 5.75 Å². The molecule has 2 rings (SSSR count). The summed E-state index contributed by atoms with van der Waals surface area (Å²) < 4.78 is 5.89. The van der Waals surface area contributed by atoms with Crippen molar-refractivity contribution in [2.45, 2.75) is 12.8 Å². The number of rotatable bonds is 3. The van der Waals surface area contributed by atoms with Crippen molar-refractivity contribution in [3.05, 3.63) is 14.7 Å². The van der Waals surface area contributed by atoms with Gasteiger partial charge in [0.2, 0.25) is 0 Å². The molecule has 1 unspecified atom stereocenters. The molecule has 7 heteroatoms. The smallest absolute Gasteiger partial charge is 0.308 e. The van der Waals surface area contributed by atoms with Gasteiger partial charge in [-0.15, -0.1) is 11.3 Å². The first kappa shape index (κ1) is 14.3. The van der Waals surface area contributed by atoms with Gasteiger partial charge in [-0.3, -0.25) is 9.59 Å². The van der Waals surface area contributed by atoms with Gasteiger partial charge < -0.3 is 14.7 Å². The van der Waals surface area contributed by atoms with E-state index in [1.807, 2.05) is 0 Å². The van der Waals surface area contributed by atoms with Crippen LogP contribution in [-0.2, 0) is 4.79 Å². The van der Waals surface area contributed by atoms with Gasteiger partial charge in [0.1, 0.15) is 9.54 Å². The zero-order valence-corrected chi connectivity index (χ0v) is 12.8. The molecule has 1 aliphatic rings. The van der Waals surface area contributed by atoms with Crippen molar-refractivity contribution in [3.8, 4) is 5.75 Å². The van der Waals surface area contributed by atoms with E-state index < -0.39 is 11.9 Å². The quantitative estimate of drug-likeness (QED) is 0.911. The van der Waals surface area contributed by atoms with Crippen LogP contribution in [0.3, 0.4) is 0 Å². The summed E-state index contributed by atoms with van der Waals surface area (Å²) in [6, 6.07) is 1.68. The van der Waals surface area contributed by atoms with Gasteiger partial charge in [-0.2, -0.15) is 0 Å². The number of carbonyl (C=O) groups excluding carboxylic acids is 1. The van der Waals surface area contributed by atoms with Crippen LogP contribution in [0.25, 0.3) is 0 Å². The fraction of sp³-hybridized carbons (Fsp3) is 0.500. The Bertz CT molecular complexity index is 502. The van der Waals surface area contributed by atoms with Gasteiger partial charge in [0.05, 0.1) is 17.9 Å². The van der Waals surface area contributed by atoms with E-state index in [1.54, 1.807) is 18.1 Å². The van der Waals surface area contributed by atoms with Crippen molar-refractivity contribution < 1.29 is 19.4 Å². The predicted octanol–water partition coefficient (Wildman–Crippen LogP) is 2.46. The number of carbonyl (C=O) groups is 2. The van der Waals surface area contributed by atoms with Gasteiger partial charge in [-0.05, 0) is 28.8 Å². The van der Waals surface area contributed by atoms with Crippen molar-refractivity contribution in [3.63, 3.8) is 0 Å². The van der Waals surface area contributed by atoms with E-state index in [1.165, 1.54) is 11.3 Å². The van der Waals surface area contributed by atoms with E-state index in [-0.39, 0.29) is 12.5 Å². The Hall–Kier alpha value is -1.08. The molecule has 0 saturated carbocycles. The Morgan fingerprint density at radius 2 is 2.32 bits per heavy atom.